The van der Waals surface area contributed by atoms with Crippen molar-refractivity contribution < 1.29 is 22.4 Å². The van der Waals surface area contributed by atoms with Gasteiger partial charge >= 0.3 is 10.1 Å². The Balaban J connectivity index is 1.56. The number of aromatic nitrogens is 3. The molecule has 3 aromatic carbocycles. The molecule has 0 aliphatic rings. The molecule has 0 fully saturated rings. The first-order chi connectivity index (χ1) is 17.8. The highest BCUT2D eigenvalue weighted by atomic mass is 32.2. The van der Waals surface area contributed by atoms with E-state index in [2.05, 4.69) is 9.97 Å². The Kier molecular flexibility index (Phi) is 6.54. The molecule has 2 heterocycles. The van der Waals surface area contributed by atoms with Gasteiger partial charge in [0.25, 0.3) is 5.88 Å². The molecule has 0 atom stereocenters. The summed E-state index contributed by atoms with van der Waals surface area (Å²) in [5.41, 5.74) is 4.13. The molecular formula is C28H25N3O5S. The fraction of sp³-hybridized carbons (Fsp3) is 0.143. The second-order valence-electron chi connectivity index (χ2n) is 8.64. The van der Waals surface area contributed by atoms with E-state index in [4.69, 9.17) is 8.92 Å². The Morgan fingerprint density at radius 2 is 1.49 bits per heavy atom. The largest absolute Gasteiger partial charge is 0.497 e. The maximum atomic E-state index is 12.9. The van der Waals surface area contributed by atoms with E-state index >= 15 is 0 Å². The molecule has 2 aromatic heterocycles. The van der Waals surface area contributed by atoms with Gasteiger partial charge in [0.2, 0.25) is 5.88 Å². The molecule has 0 spiro atoms. The lowest BCUT2D eigenvalue weighted by molar-refractivity contribution is 0.414. The number of methoxy groups -OCH3 is 1. The summed E-state index contributed by atoms with van der Waals surface area (Å²) in [6, 6.07) is 23.4. The Bertz CT molecular complexity index is 1650. The van der Waals surface area contributed by atoms with Crippen LogP contribution in [0.3, 0.4) is 0 Å². The van der Waals surface area contributed by atoms with Crippen LogP contribution in [0.2, 0.25) is 0 Å². The molecular weight excluding hydrogens is 490 g/mol. The van der Waals surface area contributed by atoms with Crippen molar-refractivity contribution in [1.29, 1.82) is 0 Å². The van der Waals surface area contributed by atoms with Gasteiger partial charge in [-0.2, -0.15) is 8.42 Å². The second-order valence-corrected chi connectivity index (χ2v) is 10.2. The van der Waals surface area contributed by atoms with E-state index in [0.29, 0.717) is 29.9 Å². The Morgan fingerprint density at radius 3 is 2.16 bits per heavy atom. The van der Waals surface area contributed by atoms with Crippen LogP contribution in [0.5, 0.6) is 17.5 Å². The monoisotopic (exact) mass is 515 g/mol. The van der Waals surface area contributed by atoms with Crippen LogP contribution >= 0.6 is 0 Å². The van der Waals surface area contributed by atoms with Crippen LogP contribution in [0.15, 0.2) is 90.0 Å². The minimum atomic E-state index is -4.14. The highest BCUT2D eigenvalue weighted by Crippen LogP contribution is 2.28. The number of ether oxygens (including phenoxy) is 1. The Labute approximate surface area is 214 Å². The minimum absolute atomic E-state index is 0.0136. The molecule has 5 rings (SSSR count). The van der Waals surface area contributed by atoms with E-state index in [0.717, 1.165) is 22.4 Å². The zero-order valence-corrected chi connectivity index (χ0v) is 21.1. The molecule has 0 amide bonds. The van der Waals surface area contributed by atoms with Crippen molar-refractivity contribution in [1.82, 2.24) is 14.4 Å². The highest BCUT2D eigenvalue weighted by molar-refractivity contribution is 7.87. The number of aryl methyl sites for hydroxylation is 1. The third kappa shape index (κ3) is 5.26. The lowest BCUT2D eigenvalue weighted by atomic mass is 10.1. The maximum Gasteiger partial charge on any atom is 0.340 e. The SMILES string of the molecule is COc1ccc(Cc2nc3c(Cc4ccccc4)nc(OS(=O)(=O)c4ccc(C)cc4)cn3c2O)cc1. The predicted molar refractivity (Wildman–Crippen MR) is 139 cm³/mol. The van der Waals surface area contributed by atoms with Gasteiger partial charge in [0.1, 0.15) is 16.3 Å². The third-order valence-corrected chi connectivity index (χ3v) is 7.19. The summed E-state index contributed by atoms with van der Waals surface area (Å²) in [6.45, 7) is 1.87. The van der Waals surface area contributed by atoms with Gasteiger partial charge in [-0.1, -0.05) is 60.2 Å². The van der Waals surface area contributed by atoms with E-state index in [1.54, 1.807) is 19.2 Å². The Hall–Kier alpha value is -4.37. The van der Waals surface area contributed by atoms with Crippen molar-refractivity contribution in [3.63, 3.8) is 0 Å². The molecule has 8 nitrogen and oxygen atoms in total. The average Bonchev–Trinajstić information content (AvgIpc) is 3.20. The molecule has 0 aliphatic carbocycles. The summed E-state index contributed by atoms with van der Waals surface area (Å²) in [7, 11) is -2.54. The van der Waals surface area contributed by atoms with E-state index in [1.807, 2.05) is 61.5 Å². The number of benzene rings is 3. The van der Waals surface area contributed by atoms with Gasteiger partial charge in [-0.15, -0.1) is 0 Å². The van der Waals surface area contributed by atoms with Crippen LogP contribution in [0.25, 0.3) is 5.65 Å². The van der Waals surface area contributed by atoms with Crippen LogP contribution in [0.4, 0.5) is 0 Å². The average molecular weight is 516 g/mol. The molecule has 5 aromatic rings. The summed E-state index contributed by atoms with van der Waals surface area (Å²) in [6.07, 6.45) is 2.07. The lowest BCUT2D eigenvalue weighted by Gasteiger charge is -2.10. The second kappa shape index (κ2) is 9.94. The van der Waals surface area contributed by atoms with E-state index in [9.17, 15) is 13.5 Å². The van der Waals surface area contributed by atoms with E-state index in [1.165, 1.54) is 22.7 Å². The molecule has 188 valence electrons. The Morgan fingerprint density at radius 1 is 0.838 bits per heavy atom. The van der Waals surface area contributed by atoms with Crippen LogP contribution in [-0.2, 0) is 23.0 Å². The van der Waals surface area contributed by atoms with Gasteiger partial charge in [0.15, 0.2) is 5.65 Å². The van der Waals surface area contributed by atoms with Gasteiger partial charge < -0.3 is 14.0 Å². The minimum Gasteiger partial charge on any atom is -0.497 e. The van der Waals surface area contributed by atoms with Gasteiger partial charge in [-0.05, 0) is 42.3 Å². The number of hydrogen-bond donors (Lipinski definition) is 1. The van der Waals surface area contributed by atoms with E-state index < -0.39 is 10.1 Å². The van der Waals surface area contributed by atoms with E-state index in [-0.39, 0.29) is 16.7 Å². The molecule has 37 heavy (non-hydrogen) atoms. The summed E-state index contributed by atoms with van der Waals surface area (Å²) in [5.74, 6) is 0.455. The van der Waals surface area contributed by atoms with Crippen LogP contribution in [0.1, 0.15) is 28.1 Å². The quantitative estimate of drug-likeness (QED) is 0.299. The smallest absolute Gasteiger partial charge is 0.340 e. The van der Waals surface area contributed by atoms with Crippen molar-refractivity contribution in [3.05, 3.63) is 113 Å². The zero-order chi connectivity index (χ0) is 26.0. The first-order valence-corrected chi connectivity index (χ1v) is 13.0. The van der Waals surface area contributed by atoms with Crippen LogP contribution in [0, 0.1) is 6.92 Å². The zero-order valence-electron chi connectivity index (χ0n) is 20.3. The van der Waals surface area contributed by atoms with Crippen molar-refractivity contribution >= 4 is 15.8 Å². The predicted octanol–water partition coefficient (Wildman–Crippen LogP) is 4.70. The molecule has 9 heteroatoms. The standard InChI is InChI=1S/C28H25N3O5S/c1-19-8-14-23(15-9-19)37(33,34)36-26-18-31-27(24(29-26)16-20-6-4-3-5-7-20)30-25(28(31)32)17-21-10-12-22(35-2)13-11-21/h3-15,18,32H,16-17H2,1-2H3. The summed E-state index contributed by atoms with van der Waals surface area (Å²) in [4.78, 5) is 9.18. The van der Waals surface area contributed by atoms with Crippen molar-refractivity contribution in [2.45, 2.75) is 24.7 Å². The summed E-state index contributed by atoms with van der Waals surface area (Å²) in [5, 5.41) is 11.1. The molecule has 0 saturated carbocycles. The molecule has 0 unspecified atom stereocenters. The van der Waals surface area contributed by atoms with Crippen molar-refractivity contribution in [2.75, 3.05) is 7.11 Å². The van der Waals surface area contributed by atoms with Gasteiger partial charge in [0.05, 0.1) is 19.0 Å². The normalized spacial score (nSPS) is 11.5. The number of imidazole rings is 1. The summed E-state index contributed by atoms with van der Waals surface area (Å²) < 4.78 is 37.9. The maximum absolute atomic E-state index is 12.9. The fourth-order valence-electron chi connectivity index (χ4n) is 3.99. The number of nitrogens with zero attached hydrogens (tertiary/aromatic N) is 3. The van der Waals surface area contributed by atoms with Gasteiger partial charge in [0, 0.05) is 12.8 Å². The molecule has 0 saturated heterocycles. The molecule has 0 bridgehead atoms. The van der Waals surface area contributed by atoms with Crippen molar-refractivity contribution in [3.8, 4) is 17.5 Å². The highest BCUT2D eigenvalue weighted by Gasteiger charge is 2.22. The number of fused-ring (bicyclic) bond motifs is 1. The number of rotatable bonds is 8. The molecule has 0 aliphatic heterocycles. The summed E-state index contributed by atoms with van der Waals surface area (Å²) >= 11 is 0. The fourth-order valence-corrected chi connectivity index (χ4v) is 4.86. The van der Waals surface area contributed by atoms with Gasteiger partial charge in [-0.25, -0.2) is 9.97 Å². The number of aromatic hydroxyl groups is 1. The van der Waals surface area contributed by atoms with Crippen LogP contribution in [-0.4, -0.2) is 35.0 Å². The topological polar surface area (TPSA) is 103 Å². The molecule has 0 radical (unpaired) electrons. The first-order valence-electron chi connectivity index (χ1n) is 11.6. The lowest BCUT2D eigenvalue weighted by Crippen LogP contribution is -2.12. The number of hydrogen-bond acceptors (Lipinski definition) is 7. The van der Waals surface area contributed by atoms with Gasteiger partial charge in [-0.3, -0.25) is 4.40 Å². The molecule has 1 N–H and O–H groups in total. The third-order valence-electron chi connectivity index (χ3n) is 5.95. The van der Waals surface area contributed by atoms with Crippen LogP contribution < -0.4 is 8.92 Å². The van der Waals surface area contributed by atoms with Crippen molar-refractivity contribution in [2.24, 2.45) is 0 Å². The first kappa shape index (κ1) is 24.3.